The highest BCUT2D eigenvalue weighted by Crippen LogP contribution is 2.19. The molecule has 0 atom stereocenters. The van der Waals surface area contributed by atoms with Crippen molar-refractivity contribution in [2.45, 2.75) is 27.2 Å². The first-order chi connectivity index (χ1) is 7.19. The van der Waals surface area contributed by atoms with Gasteiger partial charge in [-0.1, -0.05) is 30.7 Å². The summed E-state index contributed by atoms with van der Waals surface area (Å²) in [5, 5.41) is 0. The Balaban J connectivity index is 3.23. The predicted molar refractivity (Wildman–Crippen MR) is 67.3 cm³/mol. The van der Waals surface area contributed by atoms with Gasteiger partial charge >= 0.3 is 0 Å². The number of hydrogen-bond acceptors (Lipinski definition) is 2. The summed E-state index contributed by atoms with van der Waals surface area (Å²) in [6.45, 7) is 6.24. The average Bonchev–Trinajstić information content (AvgIpc) is 2.23. The lowest BCUT2D eigenvalue weighted by atomic mass is 10.1. The van der Waals surface area contributed by atoms with Crippen molar-refractivity contribution in [1.29, 1.82) is 0 Å². The number of nitrogens with zero attached hydrogens (tertiary/aromatic N) is 1. The van der Waals surface area contributed by atoms with Crippen molar-refractivity contribution in [3.05, 3.63) is 35.0 Å². The van der Waals surface area contributed by atoms with Crippen LogP contribution in [0.3, 0.4) is 0 Å². The van der Waals surface area contributed by atoms with E-state index in [0.717, 1.165) is 17.5 Å². The van der Waals surface area contributed by atoms with Gasteiger partial charge in [-0.15, -0.1) is 0 Å². The van der Waals surface area contributed by atoms with Gasteiger partial charge in [0.2, 0.25) is 0 Å². The summed E-state index contributed by atoms with van der Waals surface area (Å²) < 4.78 is 0. The fourth-order valence-electron chi connectivity index (χ4n) is 1.35. The third-order valence-corrected chi connectivity index (χ3v) is 2.35. The number of rotatable bonds is 3. The second-order valence-electron chi connectivity index (χ2n) is 3.54. The highest BCUT2D eigenvalue weighted by molar-refractivity contribution is 5.72. The van der Waals surface area contributed by atoms with Gasteiger partial charge in [0.05, 0.1) is 0 Å². The van der Waals surface area contributed by atoms with Crippen LogP contribution in [0, 0.1) is 0 Å². The van der Waals surface area contributed by atoms with Gasteiger partial charge in [-0.05, 0) is 31.9 Å². The Morgan fingerprint density at radius 2 is 2.27 bits per heavy atom. The summed E-state index contributed by atoms with van der Waals surface area (Å²) in [5.74, 6) is 0.589. The monoisotopic (exact) mass is 202 g/mol. The topological polar surface area (TPSA) is 38.9 Å². The number of anilines is 1. The molecule has 0 aliphatic carbocycles. The van der Waals surface area contributed by atoms with Gasteiger partial charge in [-0.2, -0.15) is 0 Å². The van der Waals surface area contributed by atoms with Gasteiger partial charge in [0, 0.05) is 11.8 Å². The quantitative estimate of drug-likeness (QED) is 0.814. The summed E-state index contributed by atoms with van der Waals surface area (Å²) in [7, 11) is 0. The van der Waals surface area contributed by atoms with E-state index in [0.29, 0.717) is 5.82 Å². The molecule has 2 nitrogen and oxygen atoms in total. The van der Waals surface area contributed by atoms with Crippen LogP contribution in [-0.4, -0.2) is 4.98 Å². The average molecular weight is 202 g/mol. The zero-order chi connectivity index (χ0) is 11.3. The second-order valence-corrected chi connectivity index (χ2v) is 3.54. The second kappa shape index (κ2) is 5.35. The molecule has 0 radical (unpaired) electrons. The number of pyridine rings is 1. The van der Waals surface area contributed by atoms with Crippen molar-refractivity contribution >= 4 is 18.0 Å². The van der Waals surface area contributed by atoms with E-state index in [4.69, 9.17) is 5.73 Å². The Morgan fingerprint density at radius 1 is 1.53 bits per heavy atom. The van der Waals surface area contributed by atoms with E-state index in [-0.39, 0.29) is 0 Å². The summed E-state index contributed by atoms with van der Waals surface area (Å²) in [6.07, 6.45) is 8.94. The van der Waals surface area contributed by atoms with Gasteiger partial charge in [0.1, 0.15) is 5.82 Å². The van der Waals surface area contributed by atoms with Gasteiger partial charge in [0.15, 0.2) is 0 Å². The van der Waals surface area contributed by atoms with Crippen LogP contribution >= 0.6 is 0 Å². The molecule has 2 heteroatoms. The highest BCUT2D eigenvalue weighted by Gasteiger charge is 2.01. The minimum Gasteiger partial charge on any atom is -0.383 e. The largest absolute Gasteiger partial charge is 0.383 e. The van der Waals surface area contributed by atoms with Gasteiger partial charge in [-0.3, -0.25) is 0 Å². The van der Waals surface area contributed by atoms with Crippen molar-refractivity contribution in [2.24, 2.45) is 0 Å². The van der Waals surface area contributed by atoms with Crippen LogP contribution in [0.4, 0.5) is 5.82 Å². The maximum absolute atomic E-state index is 5.83. The fourth-order valence-corrected chi connectivity index (χ4v) is 1.35. The van der Waals surface area contributed by atoms with E-state index < -0.39 is 0 Å². The molecular weight excluding hydrogens is 184 g/mol. The smallest absolute Gasteiger partial charge is 0.131 e. The molecule has 0 bridgehead atoms. The Morgan fingerprint density at radius 3 is 2.87 bits per heavy atom. The molecule has 0 spiro atoms. The van der Waals surface area contributed by atoms with Crippen molar-refractivity contribution in [3.8, 4) is 0 Å². The number of nitrogens with two attached hydrogens (primary N) is 1. The van der Waals surface area contributed by atoms with Gasteiger partial charge < -0.3 is 5.73 Å². The summed E-state index contributed by atoms with van der Waals surface area (Å²) in [5.41, 5.74) is 9.32. The maximum Gasteiger partial charge on any atom is 0.131 e. The highest BCUT2D eigenvalue weighted by atomic mass is 14.8. The Hall–Kier alpha value is -1.57. The normalized spacial score (nSPS) is 12.3. The van der Waals surface area contributed by atoms with Crippen LogP contribution in [0.1, 0.15) is 38.3 Å². The van der Waals surface area contributed by atoms with Crippen molar-refractivity contribution in [3.63, 3.8) is 0 Å². The molecule has 2 N–H and O–H groups in total. The molecule has 1 aromatic rings. The molecule has 0 saturated heterocycles. The number of nitrogen functional groups attached to an aromatic ring is 1. The molecule has 0 fully saturated rings. The van der Waals surface area contributed by atoms with E-state index in [1.54, 1.807) is 6.20 Å². The third kappa shape index (κ3) is 2.94. The minimum atomic E-state index is 0.589. The molecule has 0 aliphatic heterocycles. The molecule has 0 saturated carbocycles. The minimum absolute atomic E-state index is 0.589. The van der Waals surface area contributed by atoms with Crippen LogP contribution in [0.2, 0.25) is 0 Å². The lowest BCUT2D eigenvalue weighted by Crippen LogP contribution is -1.95. The van der Waals surface area contributed by atoms with Crippen molar-refractivity contribution in [2.75, 3.05) is 5.73 Å². The van der Waals surface area contributed by atoms with Gasteiger partial charge in [0.25, 0.3) is 0 Å². The van der Waals surface area contributed by atoms with Crippen LogP contribution in [0.5, 0.6) is 0 Å². The summed E-state index contributed by atoms with van der Waals surface area (Å²) in [6, 6.07) is 1.99. The third-order valence-electron chi connectivity index (χ3n) is 2.35. The number of hydrogen-bond donors (Lipinski definition) is 1. The SMILES string of the molecule is C/C=C\c1c(/C=C(\C)CC)ccnc1N. The van der Waals surface area contributed by atoms with E-state index in [9.17, 15) is 0 Å². The van der Waals surface area contributed by atoms with E-state index >= 15 is 0 Å². The molecule has 1 rings (SSSR count). The first-order valence-corrected chi connectivity index (χ1v) is 5.23. The molecule has 0 amide bonds. The van der Waals surface area contributed by atoms with Crippen LogP contribution < -0.4 is 5.73 Å². The summed E-state index contributed by atoms with van der Waals surface area (Å²) >= 11 is 0. The van der Waals surface area contributed by atoms with Crippen LogP contribution in [0.25, 0.3) is 12.2 Å². The Kier molecular flexibility index (Phi) is 4.10. The lowest BCUT2D eigenvalue weighted by Gasteiger charge is -2.05. The Bertz CT molecular complexity index is 390. The number of allylic oxidation sites excluding steroid dienone is 2. The lowest BCUT2D eigenvalue weighted by molar-refractivity contribution is 1.11. The molecule has 1 heterocycles. The number of aromatic nitrogens is 1. The van der Waals surface area contributed by atoms with Crippen molar-refractivity contribution < 1.29 is 0 Å². The molecule has 0 aliphatic rings. The Labute approximate surface area is 91.5 Å². The zero-order valence-electron chi connectivity index (χ0n) is 9.62. The van der Waals surface area contributed by atoms with Crippen LogP contribution in [0.15, 0.2) is 23.9 Å². The maximum atomic E-state index is 5.83. The first kappa shape index (κ1) is 11.5. The molecule has 1 aromatic heterocycles. The predicted octanol–water partition coefficient (Wildman–Crippen LogP) is 3.51. The molecule has 0 unspecified atom stereocenters. The van der Waals surface area contributed by atoms with Crippen LogP contribution in [-0.2, 0) is 0 Å². The standard InChI is InChI=1S/C13H18N2/c1-4-6-12-11(9-10(3)5-2)7-8-15-13(12)14/h4,6-9H,5H2,1-3H3,(H2,14,15)/b6-4-,10-9+. The molecular formula is C13H18N2. The van der Waals surface area contributed by atoms with E-state index in [1.165, 1.54) is 5.57 Å². The molecule has 15 heavy (non-hydrogen) atoms. The molecule has 0 aromatic carbocycles. The summed E-state index contributed by atoms with van der Waals surface area (Å²) in [4.78, 5) is 4.09. The fraction of sp³-hybridized carbons (Fsp3) is 0.308. The first-order valence-electron chi connectivity index (χ1n) is 5.23. The van der Waals surface area contributed by atoms with E-state index in [2.05, 4.69) is 24.9 Å². The van der Waals surface area contributed by atoms with Crippen molar-refractivity contribution in [1.82, 2.24) is 4.98 Å². The van der Waals surface area contributed by atoms with E-state index in [1.807, 2.05) is 25.1 Å². The molecule has 80 valence electrons. The van der Waals surface area contributed by atoms with Gasteiger partial charge in [-0.25, -0.2) is 4.98 Å². The zero-order valence-corrected chi connectivity index (χ0v) is 9.62.